The van der Waals surface area contributed by atoms with Gasteiger partial charge in [-0.25, -0.2) is 8.42 Å². The van der Waals surface area contributed by atoms with Crippen LogP contribution in [-0.2, 0) is 14.6 Å². The second-order valence-corrected chi connectivity index (χ2v) is 7.15. The average Bonchev–Trinajstić information content (AvgIpc) is 2.07. The van der Waals surface area contributed by atoms with Crippen molar-refractivity contribution < 1.29 is 18.3 Å². The Labute approximate surface area is 96.4 Å². The van der Waals surface area contributed by atoms with Crippen molar-refractivity contribution in [3.63, 3.8) is 0 Å². The third-order valence-corrected chi connectivity index (χ3v) is 3.99. The van der Waals surface area contributed by atoms with Crippen LogP contribution in [0, 0.1) is 5.92 Å². The van der Waals surface area contributed by atoms with Gasteiger partial charge in [0.25, 0.3) is 0 Å². The minimum atomic E-state index is -3.09. The summed E-state index contributed by atoms with van der Waals surface area (Å²) in [7, 11) is -3.09. The summed E-state index contributed by atoms with van der Waals surface area (Å²) in [4.78, 5) is 13.0. The minimum absolute atomic E-state index is 0.00695. The number of likely N-dealkylation sites (tertiary alicyclic amines) is 1. The zero-order valence-electron chi connectivity index (χ0n) is 9.93. The Kier molecular flexibility index (Phi) is 3.64. The molecule has 0 unspecified atom stereocenters. The maximum absolute atomic E-state index is 11.5. The fourth-order valence-corrected chi connectivity index (χ4v) is 2.13. The van der Waals surface area contributed by atoms with Gasteiger partial charge in [0.1, 0.15) is 15.4 Å². The summed E-state index contributed by atoms with van der Waals surface area (Å²) in [5.41, 5.74) is -0.791. The Morgan fingerprint density at radius 1 is 1.44 bits per heavy atom. The molecular formula is C10H19NO4S. The third kappa shape index (κ3) is 3.18. The van der Waals surface area contributed by atoms with E-state index in [9.17, 15) is 18.3 Å². The Morgan fingerprint density at radius 3 is 2.31 bits per heavy atom. The van der Waals surface area contributed by atoms with Gasteiger partial charge in [0.15, 0.2) is 0 Å². The lowest BCUT2D eigenvalue weighted by molar-refractivity contribution is -0.163. The van der Waals surface area contributed by atoms with Crippen LogP contribution in [0.25, 0.3) is 0 Å². The molecule has 0 aliphatic carbocycles. The van der Waals surface area contributed by atoms with Crippen LogP contribution in [0.1, 0.15) is 20.3 Å². The van der Waals surface area contributed by atoms with E-state index in [2.05, 4.69) is 0 Å². The quantitative estimate of drug-likeness (QED) is 0.739. The predicted molar refractivity (Wildman–Crippen MR) is 60.7 cm³/mol. The lowest BCUT2D eigenvalue weighted by atomic mass is 9.83. The molecule has 5 nitrogen and oxygen atoms in total. The molecule has 1 amide bonds. The van der Waals surface area contributed by atoms with Gasteiger partial charge in [-0.1, -0.05) is 13.8 Å². The molecule has 1 fully saturated rings. The summed E-state index contributed by atoms with van der Waals surface area (Å²) in [5.74, 6) is -0.218. The van der Waals surface area contributed by atoms with Crippen LogP contribution in [-0.4, -0.2) is 55.0 Å². The highest BCUT2D eigenvalue weighted by molar-refractivity contribution is 7.90. The SMILES string of the molecule is CC(C)C1(O)CN(C(=O)CCS(C)(=O)=O)C1. The molecule has 1 heterocycles. The van der Waals surface area contributed by atoms with Crippen molar-refractivity contribution in [3.8, 4) is 0 Å². The van der Waals surface area contributed by atoms with Crippen LogP contribution in [0.15, 0.2) is 0 Å². The normalized spacial score (nSPS) is 19.7. The minimum Gasteiger partial charge on any atom is -0.386 e. The molecule has 1 N–H and O–H groups in total. The average molecular weight is 249 g/mol. The van der Waals surface area contributed by atoms with E-state index in [1.165, 1.54) is 4.90 Å². The standard InChI is InChI=1S/C10H19NO4S/c1-8(2)10(13)6-11(7-10)9(12)4-5-16(3,14)15/h8,13H,4-7H2,1-3H3. The first-order valence-corrected chi connectivity index (χ1v) is 7.38. The van der Waals surface area contributed by atoms with Crippen molar-refractivity contribution >= 4 is 15.7 Å². The molecule has 0 radical (unpaired) electrons. The highest BCUT2D eigenvalue weighted by atomic mass is 32.2. The van der Waals surface area contributed by atoms with Gasteiger partial charge >= 0.3 is 0 Å². The summed E-state index contributed by atoms with van der Waals surface area (Å²) in [5, 5.41) is 9.92. The van der Waals surface area contributed by atoms with Crippen LogP contribution in [0.2, 0.25) is 0 Å². The first-order valence-electron chi connectivity index (χ1n) is 5.32. The number of hydrogen-bond donors (Lipinski definition) is 1. The van der Waals surface area contributed by atoms with Crippen LogP contribution < -0.4 is 0 Å². The molecule has 0 saturated carbocycles. The molecule has 0 spiro atoms. The van der Waals surface area contributed by atoms with E-state index in [4.69, 9.17) is 0 Å². The van der Waals surface area contributed by atoms with Gasteiger partial charge < -0.3 is 10.0 Å². The molecule has 1 aliphatic rings. The van der Waals surface area contributed by atoms with E-state index in [1.54, 1.807) is 0 Å². The number of carbonyl (C=O) groups excluding carboxylic acids is 1. The summed E-state index contributed by atoms with van der Waals surface area (Å²) in [6.45, 7) is 4.43. The lowest BCUT2D eigenvalue weighted by Gasteiger charge is -2.49. The summed E-state index contributed by atoms with van der Waals surface area (Å²) in [6.07, 6.45) is 1.12. The van der Waals surface area contributed by atoms with E-state index in [0.29, 0.717) is 13.1 Å². The Balaban J connectivity index is 2.38. The highest BCUT2D eigenvalue weighted by Crippen LogP contribution is 2.28. The van der Waals surface area contributed by atoms with Crippen molar-refractivity contribution in [2.45, 2.75) is 25.9 Å². The van der Waals surface area contributed by atoms with Gasteiger partial charge in [0.2, 0.25) is 5.91 Å². The van der Waals surface area contributed by atoms with E-state index in [-0.39, 0.29) is 24.0 Å². The van der Waals surface area contributed by atoms with Crippen molar-refractivity contribution in [3.05, 3.63) is 0 Å². The van der Waals surface area contributed by atoms with Gasteiger partial charge in [-0.3, -0.25) is 4.79 Å². The highest BCUT2D eigenvalue weighted by Gasteiger charge is 2.45. The van der Waals surface area contributed by atoms with Gasteiger partial charge in [0, 0.05) is 12.7 Å². The maximum Gasteiger partial charge on any atom is 0.223 e. The molecule has 0 bridgehead atoms. The molecule has 1 rings (SSSR count). The fourth-order valence-electron chi connectivity index (χ4n) is 1.59. The molecule has 0 aromatic carbocycles. The maximum atomic E-state index is 11.5. The van der Waals surface area contributed by atoms with Crippen LogP contribution in [0.5, 0.6) is 0 Å². The molecule has 94 valence electrons. The number of aliphatic hydroxyl groups is 1. The van der Waals surface area contributed by atoms with E-state index < -0.39 is 15.4 Å². The number of nitrogens with zero attached hydrogens (tertiary/aromatic N) is 1. The summed E-state index contributed by atoms with van der Waals surface area (Å²) >= 11 is 0. The summed E-state index contributed by atoms with van der Waals surface area (Å²) in [6, 6.07) is 0. The van der Waals surface area contributed by atoms with Crippen LogP contribution in [0.4, 0.5) is 0 Å². The Hall–Kier alpha value is -0.620. The van der Waals surface area contributed by atoms with Crippen molar-refractivity contribution in [1.82, 2.24) is 4.90 Å². The van der Waals surface area contributed by atoms with Gasteiger partial charge in [-0.15, -0.1) is 0 Å². The molecular weight excluding hydrogens is 230 g/mol. The fraction of sp³-hybridized carbons (Fsp3) is 0.900. The molecule has 6 heteroatoms. The van der Waals surface area contributed by atoms with Crippen molar-refractivity contribution in [2.24, 2.45) is 5.92 Å². The van der Waals surface area contributed by atoms with Gasteiger partial charge in [-0.05, 0) is 5.92 Å². The van der Waals surface area contributed by atoms with E-state index in [1.807, 2.05) is 13.8 Å². The zero-order chi connectivity index (χ0) is 12.6. The van der Waals surface area contributed by atoms with Crippen LogP contribution >= 0.6 is 0 Å². The van der Waals surface area contributed by atoms with Gasteiger partial charge in [-0.2, -0.15) is 0 Å². The molecule has 16 heavy (non-hydrogen) atoms. The van der Waals surface area contributed by atoms with Crippen molar-refractivity contribution in [2.75, 3.05) is 25.1 Å². The number of rotatable bonds is 4. The van der Waals surface area contributed by atoms with Crippen LogP contribution in [0.3, 0.4) is 0 Å². The van der Waals surface area contributed by atoms with E-state index >= 15 is 0 Å². The number of hydrogen-bond acceptors (Lipinski definition) is 4. The number of amides is 1. The summed E-state index contributed by atoms with van der Waals surface area (Å²) < 4.78 is 21.8. The first kappa shape index (κ1) is 13.4. The lowest BCUT2D eigenvalue weighted by Crippen LogP contribution is -2.66. The molecule has 0 aromatic heterocycles. The van der Waals surface area contributed by atoms with Crippen molar-refractivity contribution in [1.29, 1.82) is 0 Å². The largest absolute Gasteiger partial charge is 0.386 e. The monoisotopic (exact) mass is 249 g/mol. The molecule has 0 aromatic rings. The number of β-amino-alcohol motifs (C(OH)–C–C–N with tert-alkyl or cyclic N) is 1. The zero-order valence-corrected chi connectivity index (χ0v) is 10.7. The first-order chi connectivity index (χ1) is 7.14. The smallest absolute Gasteiger partial charge is 0.223 e. The second-order valence-electron chi connectivity index (χ2n) is 4.89. The number of sulfone groups is 1. The number of carbonyl (C=O) groups is 1. The Morgan fingerprint density at radius 2 is 1.94 bits per heavy atom. The Bertz CT molecular complexity index is 368. The molecule has 1 saturated heterocycles. The third-order valence-electron chi connectivity index (χ3n) is 3.04. The van der Waals surface area contributed by atoms with Gasteiger partial charge in [0.05, 0.1) is 18.8 Å². The second kappa shape index (κ2) is 4.33. The molecule has 1 aliphatic heterocycles. The predicted octanol–water partition coefficient (Wildman–Crippen LogP) is -0.350. The topological polar surface area (TPSA) is 74.7 Å². The molecule has 0 atom stereocenters. The van der Waals surface area contributed by atoms with E-state index in [0.717, 1.165) is 6.26 Å².